The van der Waals surface area contributed by atoms with Gasteiger partial charge < -0.3 is 15.1 Å². The molecule has 2 amide bonds. The SMILES string of the molecule is CC(=O)Nc1ccn(C(=O)N2CCC3(CCCN3Cc3ccc(N4CCCC4)c(C)c3)CC2)n1. The van der Waals surface area contributed by atoms with Crippen molar-refractivity contribution >= 4 is 23.4 Å². The summed E-state index contributed by atoms with van der Waals surface area (Å²) in [5.74, 6) is 0.210. The molecule has 1 spiro atoms. The molecular formula is C26H36N6O2. The van der Waals surface area contributed by atoms with Gasteiger partial charge in [-0.15, -0.1) is 5.10 Å². The number of hydrogen-bond donors (Lipinski definition) is 1. The summed E-state index contributed by atoms with van der Waals surface area (Å²) in [6.45, 7) is 9.61. The van der Waals surface area contributed by atoms with E-state index in [-0.39, 0.29) is 17.5 Å². The number of anilines is 2. The normalized spacial score (nSPS) is 20.3. The summed E-state index contributed by atoms with van der Waals surface area (Å²) < 4.78 is 1.33. The van der Waals surface area contributed by atoms with Crippen LogP contribution in [-0.2, 0) is 11.3 Å². The molecule has 182 valence electrons. The molecule has 0 aliphatic carbocycles. The third kappa shape index (κ3) is 4.56. The lowest BCUT2D eigenvalue weighted by Gasteiger charge is -2.45. The minimum absolute atomic E-state index is 0.121. The zero-order chi connectivity index (χ0) is 23.7. The lowest BCUT2D eigenvalue weighted by molar-refractivity contribution is -0.114. The van der Waals surface area contributed by atoms with Crippen LogP contribution in [0.3, 0.4) is 0 Å². The van der Waals surface area contributed by atoms with Gasteiger partial charge in [-0.25, -0.2) is 4.79 Å². The van der Waals surface area contributed by atoms with Crippen LogP contribution in [0.4, 0.5) is 16.3 Å². The van der Waals surface area contributed by atoms with Gasteiger partial charge in [0.05, 0.1) is 0 Å². The van der Waals surface area contributed by atoms with Crippen LogP contribution in [0, 0.1) is 6.92 Å². The number of aryl methyl sites for hydroxylation is 1. The zero-order valence-corrected chi connectivity index (χ0v) is 20.4. The van der Waals surface area contributed by atoms with Crippen molar-refractivity contribution in [1.82, 2.24) is 19.6 Å². The van der Waals surface area contributed by atoms with Crippen molar-refractivity contribution in [2.75, 3.05) is 42.9 Å². The van der Waals surface area contributed by atoms with Gasteiger partial charge in [-0.3, -0.25) is 9.69 Å². The molecule has 4 heterocycles. The van der Waals surface area contributed by atoms with E-state index in [4.69, 9.17) is 0 Å². The second kappa shape index (κ2) is 9.41. The summed E-state index contributed by atoms with van der Waals surface area (Å²) in [7, 11) is 0. The van der Waals surface area contributed by atoms with Crippen molar-refractivity contribution in [1.29, 1.82) is 0 Å². The van der Waals surface area contributed by atoms with Crippen LogP contribution in [-0.4, -0.2) is 69.8 Å². The number of rotatable bonds is 4. The first kappa shape index (κ1) is 22.9. The van der Waals surface area contributed by atoms with E-state index < -0.39 is 0 Å². The molecule has 5 rings (SSSR count). The smallest absolute Gasteiger partial charge is 0.344 e. The Labute approximate surface area is 201 Å². The number of benzene rings is 1. The molecule has 3 aliphatic rings. The summed E-state index contributed by atoms with van der Waals surface area (Å²) in [6.07, 6.45) is 8.62. The highest BCUT2D eigenvalue weighted by molar-refractivity contribution is 5.88. The highest BCUT2D eigenvalue weighted by Gasteiger charge is 2.43. The van der Waals surface area contributed by atoms with Gasteiger partial charge in [0.25, 0.3) is 0 Å². The Kier molecular flexibility index (Phi) is 6.34. The van der Waals surface area contributed by atoms with Gasteiger partial charge >= 0.3 is 6.03 Å². The molecule has 0 unspecified atom stereocenters. The first-order valence-corrected chi connectivity index (χ1v) is 12.7. The van der Waals surface area contributed by atoms with E-state index in [0.29, 0.717) is 5.82 Å². The number of amides is 2. The van der Waals surface area contributed by atoms with Crippen LogP contribution in [0.1, 0.15) is 56.6 Å². The standard InChI is InChI=1S/C26H36N6O2/c1-20-18-22(6-7-23(20)29-12-3-4-13-29)19-31-14-5-9-26(31)10-16-30(17-11-26)25(34)32-15-8-24(28-32)27-21(2)33/h6-8,15,18H,3-5,9-14,16-17,19H2,1-2H3,(H,27,28,33). The molecule has 1 aromatic carbocycles. The molecule has 8 heteroatoms. The summed E-state index contributed by atoms with van der Waals surface area (Å²) >= 11 is 0. The quantitative estimate of drug-likeness (QED) is 0.744. The number of carbonyl (C=O) groups excluding carboxylic acids is 2. The van der Waals surface area contributed by atoms with E-state index in [1.54, 1.807) is 12.3 Å². The van der Waals surface area contributed by atoms with Crippen molar-refractivity contribution in [3.05, 3.63) is 41.6 Å². The summed E-state index contributed by atoms with van der Waals surface area (Å²) in [6, 6.07) is 8.54. The van der Waals surface area contributed by atoms with Crippen molar-refractivity contribution in [2.45, 2.75) is 64.5 Å². The minimum Gasteiger partial charge on any atom is -0.371 e. The zero-order valence-electron chi connectivity index (χ0n) is 20.4. The third-order valence-electron chi connectivity index (χ3n) is 7.88. The second-order valence-electron chi connectivity index (χ2n) is 10.2. The van der Waals surface area contributed by atoms with Crippen molar-refractivity contribution < 1.29 is 9.59 Å². The Balaban J connectivity index is 1.21. The van der Waals surface area contributed by atoms with E-state index in [1.807, 2.05) is 4.90 Å². The van der Waals surface area contributed by atoms with Crippen LogP contribution in [0.15, 0.2) is 30.5 Å². The molecule has 34 heavy (non-hydrogen) atoms. The molecule has 0 bridgehead atoms. The van der Waals surface area contributed by atoms with Crippen LogP contribution in [0.5, 0.6) is 0 Å². The van der Waals surface area contributed by atoms with Crippen LogP contribution in [0.2, 0.25) is 0 Å². The average Bonchev–Trinajstić information content (AvgIpc) is 3.57. The van der Waals surface area contributed by atoms with Crippen molar-refractivity contribution in [3.63, 3.8) is 0 Å². The fourth-order valence-corrected chi connectivity index (χ4v) is 6.09. The maximum absolute atomic E-state index is 12.9. The number of hydrogen-bond acceptors (Lipinski definition) is 5. The van der Waals surface area contributed by atoms with E-state index in [0.717, 1.165) is 39.0 Å². The summed E-state index contributed by atoms with van der Waals surface area (Å²) in [4.78, 5) is 31.3. The van der Waals surface area contributed by atoms with Gasteiger partial charge in [0.1, 0.15) is 0 Å². The van der Waals surface area contributed by atoms with E-state index in [9.17, 15) is 9.59 Å². The Morgan fingerprint density at radius 1 is 1.00 bits per heavy atom. The summed E-state index contributed by atoms with van der Waals surface area (Å²) in [5.41, 5.74) is 4.35. The Bertz CT molecular complexity index is 1050. The first-order chi connectivity index (χ1) is 16.4. The predicted octanol–water partition coefficient (Wildman–Crippen LogP) is 3.85. The molecule has 0 saturated carbocycles. The number of carbonyl (C=O) groups is 2. The molecule has 3 aliphatic heterocycles. The number of nitrogens with zero attached hydrogens (tertiary/aromatic N) is 5. The van der Waals surface area contributed by atoms with E-state index in [2.05, 4.69) is 45.3 Å². The van der Waals surface area contributed by atoms with Crippen molar-refractivity contribution in [2.24, 2.45) is 0 Å². The molecule has 0 atom stereocenters. The molecule has 3 fully saturated rings. The highest BCUT2D eigenvalue weighted by Crippen LogP contribution is 2.40. The first-order valence-electron chi connectivity index (χ1n) is 12.7. The van der Waals surface area contributed by atoms with Gasteiger partial charge in [0.2, 0.25) is 5.91 Å². The van der Waals surface area contributed by atoms with E-state index in [1.165, 1.54) is 67.2 Å². The van der Waals surface area contributed by atoms with Gasteiger partial charge in [-0.2, -0.15) is 4.68 Å². The van der Waals surface area contributed by atoms with Gasteiger partial charge in [0, 0.05) is 63.1 Å². The molecule has 0 radical (unpaired) electrons. The van der Waals surface area contributed by atoms with Crippen LogP contribution >= 0.6 is 0 Å². The molecule has 1 aromatic heterocycles. The Morgan fingerprint density at radius 3 is 2.47 bits per heavy atom. The number of piperidine rings is 1. The van der Waals surface area contributed by atoms with Crippen LogP contribution < -0.4 is 10.2 Å². The predicted molar refractivity (Wildman–Crippen MR) is 133 cm³/mol. The largest absolute Gasteiger partial charge is 0.371 e. The monoisotopic (exact) mass is 464 g/mol. The van der Waals surface area contributed by atoms with Crippen LogP contribution in [0.25, 0.3) is 0 Å². The topological polar surface area (TPSA) is 73.7 Å². The second-order valence-corrected chi connectivity index (χ2v) is 10.2. The fourth-order valence-electron chi connectivity index (χ4n) is 6.09. The lowest BCUT2D eigenvalue weighted by atomic mass is 9.84. The molecule has 1 N–H and O–H groups in total. The highest BCUT2D eigenvalue weighted by atomic mass is 16.2. The maximum Gasteiger partial charge on any atom is 0.344 e. The van der Waals surface area contributed by atoms with Gasteiger partial charge in [-0.05, 0) is 69.2 Å². The fraction of sp³-hybridized carbons (Fsp3) is 0.577. The average molecular weight is 465 g/mol. The number of nitrogens with one attached hydrogen (secondary N) is 1. The Hall–Kier alpha value is -2.87. The van der Waals surface area contributed by atoms with Gasteiger partial charge in [-0.1, -0.05) is 12.1 Å². The van der Waals surface area contributed by atoms with E-state index >= 15 is 0 Å². The Morgan fingerprint density at radius 2 is 1.76 bits per heavy atom. The summed E-state index contributed by atoms with van der Waals surface area (Å²) in [5, 5.41) is 6.83. The minimum atomic E-state index is -0.195. The number of aromatic nitrogens is 2. The number of likely N-dealkylation sites (tertiary alicyclic amines) is 2. The van der Waals surface area contributed by atoms with Gasteiger partial charge in [0.15, 0.2) is 5.82 Å². The molecule has 3 saturated heterocycles. The molecular weight excluding hydrogens is 428 g/mol. The lowest BCUT2D eigenvalue weighted by Crippen LogP contribution is -2.53. The third-order valence-corrected chi connectivity index (χ3v) is 7.88. The molecule has 8 nitrogen and oxygen atoms in total. The van der Waals surface area contributed by atoms with Crippen molar-refractivity contribution in [3.8, 4) is 0 Å². The maximum atomic E-state index is 12.9. The molecule has 2 aromatic rings.